The highest BCUT2D eigenvalue weighted by Crippen LogP contribution is 2.34. The van der Waals surface area contributed by atoms with E-state index in [0.29, 0.717) is 4.77 Å². The molecule has 1 fully saturated rings. The van der Waals surface area contributed by atoms with Gasteiger partial charge in [0.15, 0.2) is 4.77 Å². The molecule has 0 aliphatic heterocycles. The number of H-pyrrole nitrogens is 1. The molecule has 1 aliphatic carbocycles. The fourth-order valence-corrected chi connectivity index (χ4v) is 3.80. The monoisotopic (exact) mass is 299 g/mol. The molecule has 0 radical (unpaired) electrons. The molecule has 1 saturated carbocycles. The van der Waals surface area contributed by atoms with E-state index in [0.717, 1.165) is 47.6 Å². The molecule has 5 heteroatoms. The highest BCUT2D eigenvalue weighted by Gasteiger charge is 2.27. The van der Waals surface area contributed by atoms with Crippen molar-refractivity contribution in [1.29, 1.82) is 0 Å². The van der Waals surface area contributed by atoms with Crippen LogP contribution in [-0.4, -0.2) is 25.7 Å². The topological polar surface area (TPSA) is 53.8 Å². The van der Waals surface area contributed by atoms with Crippen molar-refractivity contribution in [3.05, 3.63) is 35.2 Å². The second-order valence-electron chi connectivity index (χ2n) is 5.76. The van der Waals surface area contributed by atoms with Crippen LogP contribution in [0.4, 0.5) is 0 Å². The van der Waals surface area contributed by atoms with E-state index in [9.17, 15) is 5.11 Å². The van der Waals surface area contributed by atoms with Crippen molar-refractivity contribution in [3.63, 3.8) is 0 Å². The van der Waals surface area contributed by atoms with Gasteiger partial charge < -0.3 is 14.7 Å². The van der Waals surface area contributed by atoms with Crippen LogP contribution < -0.4 is 0 Å². The van der Waals surface area contributed by atoms with E-state index in [1.807, 2.05) is 24.4 Å². The molecule has 0 bridgehead atoms. The van der Waals surface area contributed by atoms with Crippen molar-refractivity contribution >= 4 is 34.2 Å². The van der Waals surface area contributed by atoms with Crippen LogP contribution in [0.1, 0.15) is 31.7 Å². The third-order valence-corrected chi connectivity index (χ3v) is 4.77. The lowest BCUT2D eigenvalue weighted by atomic mass is 9.92. The van der Waals surface area contributed by atoms with E-state index < -0.39 is 0 Å². The fraction of sp³-hybridized carbons (Fsp3) is 0.375. The molecule has 2 atom stereocenters. The van der Waals surface area contributed by atoms with Crippen LogP contribution in [-0.2, 0) is 0 Å². The van der Waals surface area contributed by atoms with Crippen LogP contribution in [0.5, 0.6) is 0 Å². The number of nitrogens with one attached hydrogen (secondary N) is 1. The van der Waals surface area contributed by atoms with Crippen molar-refractivity contribution in [2.24, 2.45) is 0 Å². The largest absolute Gasteiger partial charge is 0.391 e. The summed E-state index contributed by atoms with van der Waals surface area (Å²) in [6, 6.07) is 8.14. The lowest BCUT2D eigenvalue weighted by molar-refractivity contribution is 0.0768. The van der Waals surface area contributed by atoms with Crippen molar-refractivity contribution < 1.29 is 5.11 Å². The Morgan fingerprint density at radius 3 is 2.90 bits per heavy atom. The minimum atomic E-state index is -0.323. The number of hydrogen-bond donors (Lipinski definition) is 2. The van der Waals surface area contributed by atoms with Gasteiger partial charge in [0.2, 0.25) is 0 Å². The number of aromatic nitrogens is 3. The first-order chi connectivity index (χ1) is 10.3. The zero-order valence-corrected chi connectivity index (χ0v) is 12.4. The molecule has 21 heavy (non-hydrogen) atoms. The second kappa shape index (κ2) is 4.93. The van der Waals surface area contributed by atoms with Gasteiger partial charge in [-0.15, -0.1) is 0 Å². The van der Waals surface area contributed by atoms with Gasteiger partial charge in [0.05, 0.1) is 34.9 Å². The van der Waals surface area contributed by atoms with Gasteiger partial charge in [-0.1, -0.05) is 31.0 Å². The fourth-order valence-electron chi connectivity index (χ4n) is 3.46. The number of aliphatic hydroxyl groups is 1. The van der Waals surface area contributed by atoms with Crippen LogP contribution in [0.25, 0.3) is 21.9 Å². The number of nitrogens with zero attached hydrogens (tertiary/aromatic N) is 2. The van der Waals surface area contributed by atoms with E-state index in [1.54, 1.807) is 0 Å². The summed E-state index contributed by atoms with van der Waals surface area (Å²) in [6.45, 7) is 0. The molecule has 0 spiro atoms. The van der Waals surface area contributed by atoms with Gasteiger partial charge in [-0.25, -0.2) is 0 Å². The molecule has 0 amide bonds. The number of imidazole rings is 1. The molecule has 0 saturated heterocycles. The van der Waals surface area contributed by atoms with Gasteiger partial charge in [0.25, 0.3) is 0 Å². The summed E-state index contributed by atoms with van der Waals surface area (Å²) in [5, 5.41) is 11.5. The Balaban J connectivity index is 2.05. The maximum Gasteiger partial charge on any atom is 0.178 e. The molecule has 108 valence electrons. The van der Waals surface area contributed by atoms with E-state index in [1.165, 1.54) is 0 Å². The lowest BCUT2D eigenvalue weighted by Gasteiger charge is -2.29. The Morgan fingerprint density at radius 1 is 1.24 bits per heavy atom. The number of fused-ring (bicyclic) bond motifs is 3. The van der Waals surface area contributed by atoms with E-state index in [2.05, 4.69) is 20.6 Å². The smallest absolute Gasteiger partial charge is 0.178 e. The molecule has 2 aromatic heterocycles. The third-order valence-electron chi connectivity index (χ3n) is 4.47. The summed E-state index contributed by atoms with van der Waals surface area (Å²) >= 11 is 5.52. The first-order valence-electron chi connectivity index (χ1n) is 7.42. The van der Waals surface area contributed by atoms with Crippen LogP contribution in [0.15, 0.2) is 30.5 Å². The molecule has 4 nitrogen and oxygen atoms in total. The number of benzene rings is 1. The van der Waals surface area contributed by atoms with Crippen LogP contribution in [0, 0.1) is 4.77 Å². The Morgan fingerprint density at radius 2 is 2.05 bits per heavy atom. The quantitative estimate of drug-likeness (QED) is 0.673. The maximum absolute atomic E-state index is 10.4. The Bertz CT molecular complexity index is 867. The Kier molecular flexibility index (Phi) is 3.05. The van der Waals surface area contributed by atoms with Gasteiger partial charge in [-0.05, 0) is 31.1 Å². The summed E-state index contributed by atoms with van der Waals surface area (Å²) in [4.78, 5) is 7.72. The summed E-state index contributed by atoms with van der Waals surface area (Å²) in [7, 11) is 0. The van der Waals surface area contributed by atoms with Crippen molar-refractivity contribution in [2.75, 3.05) is 0 Å². The molecule has 2 unspecified atom stereocenters. The van der Waals surface area contributed by atoms with E-state index in [-0.39, 0.29) is 12.1 Å². The first-order valence-corrected chi connectivity index (χ1v) is 7.82. The van der Waals surface area contributed by atoms with Crippen molar-refractivity contribution in [2.45, 2.75) is 37.8 Å². The zero-order valence-electron chi connectivity index (χ0n) is 11.6. The zero-order chi connectivity index (χ0) is 14.4. The summed E-state index contributed by atoms with van der Waals surface area (Å²) < 4.78 is 2.78. The predicted molar refractivity (Wildman–Crippen MR) is 85.9 cm³/mol. The molecule has 1 aliphatic rings. The predicted octanol–water partition coefficient (Wildman–Crippen LogP) is 3.72. The van der Waals surface area contributed by atoms with Crippen LogP contribution in [0.2, 0.25) is 0 Å². The molecular weight excluding hydrogens is 282 g/mol. The highest BCUT2D eigenvalue weighted by atomic mass is 32.1. The first kappa shape index (κ1) is 13.0. The van der Waals surface area contributed by atoms with E-state index in [4.69, 9.17) is 12.2 Å². The SMILES string of the molecule is OC1CCCCC1n1c(=S)[nH]c2cnc3ccccc3c21. The molecule has 4 rings (SSSR count). The lowest BCUT2D eigenvalue weighted by Crippen LogP contribution is -2.27. The van der Waals surface area contributed by atoms with Crippen LogP contribution in [0.3, 0.4) is 0 Å². The van der Waals surface area contributed by atoms with Gasteiger partial charge in [-0.2, -0.15) is 0 Å². The average Bonchev–Trinajstić information content (AvgIpc) is 2.84. The standard InChI is InChI=1S/C16H17N3OS/c20-14-8-4-3-7-13(14)19-15-10-5-1-2-6-11(10)17-9-12(15)18-16(19)21/h1-2,5-6,9,13-14,20H,3-4,7-8H2,(H,18,21). The highest BCUT2D eigenvalue weighted by molar-refractivity contribution is 7.71. The summed E-state index contributed by atoms with van der Waals surface area (Å²) in [5.41, 5.74) is 2.96. The van der Waals surface area contributed by atoms with E-state index >= 15 is 0 Å². The normalized spacial score (nSPS) is 22.9. The average molecular weight is 299 g/mol. The van der Waals surface area contributed by atoms with Crippen molar-refractivity contribution in [3.8, 4) is 0 Å². The maximum atomic E-state index is 10.4. The Hall–Kier alpha value is -1.72. The summed E-state index contributed by atoms with van der Waals surface area (Å²) in [5.74, 6) is 0. The number of para-hydroxylation sites is 1. The van der Waals surface area contributed by atoms with Gasteiger partial charge in [0.1, 0.15) is 0 Å². The molecule has 3 aromatic rings. The van der Waals surface area contributed by atoms with Gasteiger partial charge in [-0.3, -0.25) is 4.98 Å². The number of pyridine rings is 1. The molecular formula is C16H17N3OS. The van der Waals surface area contributed by atoms with Gasteiger partial charge >= 0.3 is 0 Å². The van der Waals surface area contributed by atoms with Gasteiger partial charge in [0, 0.05) is 5.39 Å². The second-order valence-corrected chi connectivity index (χ2v) is 6.14. The number of rotatable bonds is 1. The van der Waals surface area contributed by atoms with Crippen LogP contribution >= 0.6 is 12.2 Å². The Labute approximate surface area is 127 Å². The molecule has 2 N–H and O–H groups in total. The number of hydrogen-bond acceptors (Lipinski definition) is 3. The molecule has 2 heterocycles. The minimum Gasteiger partial charge on any atom is -0.391 e. The number of aromatic amines is 1. The molecule has 1 aromatic carbocycles. The number of aliphatic hydroxyl groups excluding tert-OH is 1. The summed E-state index contributed by atoms with van der Waals surface area (Å²) in [6.07, 6.45) is 5.56. The van der Waals surface area contributed by atoms with Crippen molar-refractivity contribution in [1.82, 2.24) is 14.5 Å². The minimum absolute atomic E-state index is 0.0609. The third kappa shape index (κ3) is 2.00.